The Hall–Kier alpha value is -0.610. The van der Waals surface area contributed by atoms with Crippen molar-refractivity contribution in [3.05, 3.63) is 0 Å². The number of nitrogens with one attached hydrogen (secondary N) is 2. The SMILES string of the molecule is CCCNC(C)C1CCCCN1CC(=O)NCCC(C)C. The van der Waals surface area contributed by atoms with Gasteiger partial charge in [0.1, 0.15) is 0 Å². The van der Waals surface area contributed by atoms with Crippen molar-refractivity contribution in [2.24, 2.45) is 5.92 Å². The fraction of sp³-hybridized carbons (Fsp3) is 0.941. The Bertz CT molecular complexity index is 294. The van der Waals surface area contributed by atoms with Crippen molar-refractivity contribution in [1.82, 2.24) is 15.5 Å². The summed E-state index contributed by atoms with van der Waals surface area (Å²) in [6.45, 7) is 12.3. The second-order valence-electron chi connectivity index (χ2n) is 6.81. The van der Waals surface area contributed by atoms with Gasteiger partial charge in [-0.1, -0.05) is 27.2 Å². The number of hydrogen-bond donors (Lipinski definition) is 2. The summed E-state index contributed by atoms with van der Waals surface area (Å²) in [5.74, 6) is 0.830. The van der Waals surface area contributed by atoms with Crippen LogP contribution in [0, 0.1) is 5.92 Å². The summed E-state index contributed by atoms with van der Waals surface area (Å²) in [7, 11) is 0. The third-order valence-electron chi connectivity index (χ3n) is 4.35. The first kappa shape index (κ1) is 18.4. The lowest BCUT2D eigenvalue weighted by molar-refractivity contribution is -0.123. The molecule has 1 heterocycles. The zero-order chi connectivity index (χ0) is 15.7. The Morgan fingerprint density at radius 2 is 2.00 bits per heavy atom. The van der Waals surface area contributed by atoms with Crippen LogP contribution in [0.4, 0.5) is 0 Å². The van der Waals surface area contributed by atoms with Gasteiger partial charge in [0, 0.05) is 18.6 Å². The largest absolute Gasteiger partial charge is 0.355 e. The topological polar surface area (TPSA) is 44.4 Å². The fourth-order valence-electron chi connectivity index (χ4n) is 3.03. The molecule has 0 aromatic heterocycles. The van der Waals surface area contributed by atoms with E-state index in [1.165, 1.54) is 19.3 Å². The Balaban J connectivity index is 2.39. The van der Waals surface area contributed by atoms with E-state index in [0.717, 1.165) is 32.5 Å². The van der Waals surface area contributed by atoms with E-state index in [9.17, 15) is 4.79 Å². The van der Waals surface area contributed by atoms with Gasteiger partial charge in [-0.25, -0.2) is 0 Å². The molecule has 21 heavy (non-hydrogen) atoms. The van der Waals surface area contributed by atoms with Crippen LogP contribution in [0.25, 0.3) is 0 Å². The molecule has 0 saturated carbocycles. The lowest BCUT2D eigenvalue weighted by atomic mass is 9.96. The maximum atomic E-state index is 12.1. The van der Waals surface area contributed by atoms with E-state index in [2.05, 4.69) is 43.2 Å². The highest BCUT2D eigenvalue weighted by Gasteiger charge is 2.28. The molecule has 0 radical (unpaired) electrons. The fourth-order valence-corrected chi connectivity index (χ4v) is 3.03. The lowest BCUT2D eigenvalue weighted by Gasteiger charge is -2.39. The number of carbonyl (C=O) groups is 1. The third kappa shape index (κ3) is 7.28. The first-order valence-electron chi connectivity index (χ1n) is 8.78. The number of piperidine rings is 1. The molecule has 1 rings (SSSR count). The minimum Gasteiger partial charge on any atom is -0.355 e. The number of likely N-dealkylation sites (tertiary alicyclic amines) is 1. The summed E-state index contributed by atoms with van der Waals surface area (Å²) in [5, 5.41) is 6.65. The van der Waals surface area contributed by atoms with Gasteiger partial charge in [0.2, 0.25) is 5.91 Å². The second-order valence-corrected chi connectivity index (χ2v) is 6.81. The summed E-state index contributed by atoms with van der Waals surface area (Å²) in [4.78, 5) is 14.5. The Morgan fingerprint density at radius 3 is 2.67 bits per heavy atom. The number of rotatable bonds is 9. The molecular weight excluding hydrogens is 262 g/mol. The molecule has 0 aliphatic carbocycles. The van der Waals surface area contributed by atoms with E-state index in [4.69, 9.17) is 0 Å². The number of amides is 1. The van der Waals surface area contributed by atoms with E-state index in [-0.39, 0.29) is 5.91 Å². The van der Waals surface area contributed by atoms with Gasteiger partial charge in [-0.3, -0.25) is 9.69 Å². The average molecular weight is 297 g/mol. The van der Waals surface area contributed by atoms with Crippen LogP contribution in [0.2, 0.25) is 0 Å². The molecule has 124 valence electrons. The molecule has 0 bridgehead atoms. The van der Waals surface area contributed by atoms with E-state index < -0.39 is 0 Å². The predicted octanol–water partition coefficient (Wildman–Crippen LogP) is 2.39. The molecule has 2 N–H and O–H groups in total. The first-order valence-corrected chi connectivity index (χ1v) is 8.78. The van der Waals surface area contributed by atoms with Gasteiger partial charge in [-0.15, -0.1) is 0 Å². The molecule has 2 unspecified atom stereocenters. The van der Waals surface area contributed by atoms with Crippen LogP contribution in [0.3, 0.4) is 0 Å². The maximum absolute atomic E-state index is 12.1. The molecule has 0 spiro atoms. The van der Waals surface area contributed by atoms with Gasteiger partial charge in [0.25, 0.3) is 0 Å². The number of carbonyl (C=O) groups excluding carboxylic acids is 1. The highest BCUT2D eigenvalue weighted by Crippen LogP contribution is 2.19. The molecule has 4 nitrogen and oxygen atoms in total. The van der Waals surface area contributed by atoms with Gasteiger partial charge in [-0.2, -0.15) is 0 Å². The molecule has 0 aromatic carbocycles. The third-order valence-corrected chi connectivity index (χ3v) is 4.35. The first-order chi connectivity index (χ1) is 10.0. The Morgan fingerprint density at radius 1 is 1.24 bits per heavy atom. The summed E-state index contributed by atoms with van der Waals surface area (Å²) in [5.41, 5.74) is 0. The summed E-state index contributed by atoms with van der Waals surface area (Å²) in [6.07, 6.45) is 5.93. The monoisotopic (exact) mass is 297 g/mol. The van der Waals surface area contributed by atoms with Crippen LogP contribution in [-0.2, 0) is 4.79 Å². The molecule has 1 amide bonds. The van der Waals surface area contributed by atoms with Crippen molar-refractivity contribution >= 4 is 5.91 Å². The number of nitrogens with zero attached hydrogens (tertiary/aromatic N) is 1. The minimum atomic E-state index is 0.185. The van der Waals surface area contributed by atoms with Gasteiger partial charge < -0.3 is 10.6 Å². The van der Waals surface area contributed by atoms with Gasteiger partial charge >= 0.3 is 0 Å². The van der Waals surface area contributed by atoms with Crippen molar-refractivity contribution in [2.75, 3.05) is 26.2 Å². The quantitative estimate of drug-likeness (QED) is 0.687. The average Bonchev–Trinajstić information content (AvgIpc) is 2.45. The zero-order valence-electron chi connectivity index (χ0n) is 14.5. The smallest absolute Gasteiger partial charge is 0.234 e. The predicted molar refractivity (Wildman–Crippen MR) is 89.4 cm³/mol. The zero-order valence-corrected chi connectivity index (χ0v) is 14.5. The molecule has 2 atom stereocenters. The molecule has 1 saturated heterocycles. The molecule has 1 aliphatic rings. The molecule has 4 heteroatoms. The molecule has 1 fully saturated rings. The highest BCUT2D eigenvalue weighted by atomic mass is 16.2. The van der Waals surface area contributed by atoms with Crippen molar-refractivity contribution in [3.8, 4) is 0 Å². The normalized spacial score (nSPS) is 21.5. The van der Waals surface area contributed by atoms with Crippen LogP contribution in [0.1, 0.15) is 59.8 Å². The summed E-state index contributed by atoms with van der Waals surface area (Å²) in [6, 6.07) is 0.967. The van der Waals surface area contributed by atoms with Crippen LogP contribution in [0.5, 0.6) is 0 Å². The van der Waals surface area contributed by atoms with Gasteiger partial charge in [-0.05, 0) is 51.6 Å². The molecule has 0 aromatic rings. The van der Waals surface area contributed by atoms with Gasteiger partial charge in [0.05, 0.1) is 6.54 Å². The maximum Gasteiger partial charge on any atom is 0.234 e. The van der Waals surface area contributed by atoms with Crippen LogP contribution >= 0.6 is 0 Å². The highest BCUT2D eigenvalue weighted by molar-refractivity contribution is 5.78. The summed E-state index contributed by atoms with van der Waals surface area (Å²) < 4.78 is 0. The van der Waals surface area contributed by atoms with Crippen LogP contribution in [0.15, 0.2) is 0 Å². The van der Waals surface area contributed by atoms with Crippen molar-refractivity contribution in [2.45, 2.75) is 71.9 Å². The Labute approximate surface area is 131 Å². The van der Waals surface area contributed by atoms with E-state index in [1.54, 1.807) is 0 Å². The van der Waals surface area contributed by atoms with Crippen molar-refractivity contribution < 1.29 is 4.79 Å². The summed E-state index contributed by atoms with van der Waals surface area (Å²) >= 11 is 0. The molecular formula is C17H35N3O. The van der Waals surface area contributed by atoms with E-state index in [0.29, 0.717) is 24.5 Å². The second kappa shape index (κ2) is 10.2. The van der Waals surface area contributed by atoms with Crippen LogP contribution in [-0.4, -0.2) is 49.1 Å². The van der Waals surface area contributed by atoms with E-state index in [1.807, 2.05) is 0 Å². The van der Waals surface area contributed by atoms with Crippen LogP contribution < -0.4 is 10.6 Å². The minimum absolute atomic E-state index is 0.185. The lowest BCUT2D eigenvalue weighted by Crippen LogP contribution is -2.53. The molecule has 1 aliphatic heterocycles. The van der Waals surface area contributed by atoms with Crippen molar-refractivity contribution in [3.63, 3.8) is 0 Å². The van der Waals surface area contributed by atoms with Crippen molar-refractivity contribution in [1.29, 1.82) is 0 Å². The standard InChI is InChI=1S/C17H35N3O/c1-5-10-18-15(4)16-8-6-7-12-20(16)13-17(21)19-11-9-14(2)3/h14-16,18H,5-13H2,1-4H3,(H,19,21). The van der Waals surface area contributed by atoms with E-state index >= 15 is 0 Å². The van der Waals surface area contributed by atoms with Gasteiger partial charge in [0.15, 0.2) is 0 Å². The number of hydrogen-bond acceptors (Lipinski definition) is 3. The Kier molecular flexibility index (Phi) is 8.93.